The van der Waals surface area contributed by atoms with E-state index in [0.29, 0.717) is 6.42 Å². The van der Waals surface area contributed by atoms with Crippen LogP contribution in [0.5, 0.6) is 0 Å². The molecule has 6 heteroatoms. The Morgan fingerprint density at radius 1 is 0.920 bits per heavy atom. The maximum Gasteiger partial charge on any atom is 0.223 e. The van der Waals surface area contributed by atoms with Gasteiger partial charge in [0, 0.05) is 11.8 Å². The highest BCUT2D eigenvalue weighted by Crippen LogP contribution is 2.30. The Bertz CT molecular complexity index is 468. The molecule has 2 saturated carbocycles. The van der Waals surface area contributed by atoms with Crippen molar-refractivity contribution < 1.29 is 19.8 Å². The molecule has 0 aliphatic heterocycles. The number of hydrogen-bond acceptors (Lipinski definition) is 4. The zero-order valence-corrected chi connectivity index (χ0v) is 15.7. The molecular weight excluding hydrogens is 320 g/mol. The van der Waals surface area contributed by atoms with Crippen molar-refractivity contribution in [3.8, 4) is 0 Å². The zero-order chi connectivity index (χ0) is 18.6. The summed E-state index contributed by atoms with van der Waals surface area (Å²) < 4.78 is 0. The van der Waals surface area contributed by atoms with Gasteiger partial charge in [0.15, 0.2) is 0 Å². The molecule has 0 aromatic heterocycles. The second-order valence-corrected chi connectivity index (χ2v) is 8.20. The van der Waals surface area contributed by atoms with Crippen LogP contribution in [0.3, 0.4) is 0 Å². The summed E-state index contributed by atoms with van der Waals surface area (Å²) in [6, 6.07) is -0.357. The van der Waals surface area contributed by atoms with Gasteiger partial charge in [-0.3, -0.25) is 9.59 Å². The van der Waals surface area contributed by atoms with Gasteiger partial charge in [0.05, 0.1) is 24.3 Å². The topological polar surface area (TPSA) is 98.7 Å². The number of amides is 2. The first-order chi connectivity index (χ1) is 11.8. The number of aliphatic hydroxyl groups excluding tert-OH is 2. The number of carbonyl (C=O) groups is 2. The van der Waals surface area contributed by atoms with Crippen LogP contribution >= 0.6 is 0 Å². The van der Waals surface area contributed by atoms with Crippen LogP contribution in [-0.2, 0) is 9.59 Å². The number of nitrogens with one attached hydrogen (secondary N) is 2. The third kappa shape index (κ3) is 5.42. The highest BCUT2D eigenvalue weighted by molar-refractivity contribution is 5.79. The predicted molar refractivity (Wildman–Crippen MR) is 95.7 cm³/mol. The van der Waals surface area contributed by atoms with E-state index in [0.717, 1.165) is 38.5 Å². The standard InChI is InChI=1S/C19H34N2O4/c1-11(2)18(24)21-15-8-4-6-13(17(15)23)10-12(3)19(25)20-14-7-5-9-16(14)22/h11-17,22-23H,4-10H2,1-3H3,(H,20,25)(H,21,24). The molecule has 0 spiro atoms. The molecule has 0 bridgehead atoms. The van der Waals surface area contributed by atoms with E-state index in [1.807, 2.05) is 20.8 Å². The second-order valence-electron chi connectivity index (χ2n) is 8.20. The molecule has 2 rings (SSSR count). The lowest BCUT2D eigenvalue weighted by Crippen LogP contribution is -2.50. The van der Waals surface area contributed by atoms with Crippen molar-refractivity contribution >= 4 is 11.8 Å². The Balaban J connectivity index is 1.85. The van der Waals surface area contributed by atoms with Crippen LogP contribution in [0.2, 0.25) is 0 Å². The van der Waals surface area contributed by atoms with Crippen molar-refractivity contribution in [3.05, 3.63) is 0 Å². The number of carbonyl (C=O) groups excluding carboxylic acids is 2. The molecule has 0 heterocycles. The van der Waals surface area contributed by atoms with Gasteiger partial charge >= 0.3 is 0 Å². The molecule has 0 radical (unpaired) electrons. The fourth-order valence-corrected chi connectivity index (χ4v) is 4.03. The molecule has 0 saturated heterocycles. The van der Waals surface area contributed by atoms with Crippen LogP contribution in [-0.4, -0.2) is 46.3 Å². The molecule has 0 aromatic rings. The summed E-state index contributed by atoms with van der Waals surface area (Å²) in [5.74, 6) is -0.389. The van der Waals surface area contributed by atoms with E-state index >= 15 is 0 Å². The quantitative estimate of drug-likeness (QED) is 0.578. The fourth-order valence-electron chi connectivity index (χ4n) is 4.03. The van der Waals surface area contributed by atoms with Crippen molar-refractivity contribution in [1.82, 2.24) is 10.6 Å². The molecule has 6 atom stereocenters. The molecular formula is C19H34N2O4. The van der Waals surface area contributed by atoms with E-state index in [4.69, 9.17) is 0 Å². The van der Waals surface area contributed by atoms with E-state index < -0.39 is 12.2 Å². The molecule has 2 amide bonds. The average molecular weight is 354 g/mol. The molecule has 4 N–H and O–H groups in total. The lowest BCUT2D eigenvalue weighted by Gasteiger charge is -2.36. The Labute approximate surface area is 150 Å². The van der Waals surface area contributed by atoms with Crippen LogP contribution in [0.25, 0.3) is 0 Å². The Kier molecular flexibility index (Phi) is 7.25. The van der Waals surface area contributed by atoms with Crippen LogP contribution in [0.15, 0.2) is 0 Å². The average Bonchev–Trinajstić information content (AvgIpc) is 2.95. The third-order valence-electron chi connectivity index (χ3n) is 5.75. The smallest absolute Gasteiger partial charge is 0.223 e. The maximum absolute atomic E-state index is 12.4. The minimum Gasteiger partial charge on any atom is -0.391 e. The minimum atomic E-state index is -0.608. The summed E-state index contributed by atoms with van der Waals surface area (Å²) in [5.41, 5.74) is 0. The highest BCUT2D eigenvalue weighted by atomic mass is 16.3. The van der Waals surface area contributed by atoms with Gasteiger partial charge in [0.1, 0.15) is 0 Å². The van der Waals surface area contributed by atoms with Crippen LogP contribution in [0.4, 0.5) is 0 Å². The normalized spacial score (nSPS) is 33.9. The summed E-state index contributed by atoms with van der Waals surface area (Å²) in [6.07, 6.45) is 4.68. The lowest BCUT2D eigenvalue weighted by molar-refractivity contribution is -0.129. The van der Waals surface area contributed by atoms with Crippen molar-refractivity contribution in [2.45, 2.75) is 90.0 Å². The Morgan fingerprint density at radius 3 is 2.12 bits per heavy atom. The predicted octanol–water partition coefficient (Wildman–Crippen LogP) is 1.34. The van der Waals surface area contributed by atoms with Gasteiger partial charge in [-0.25, -0.2) is 0 Å². The van der Waals surface area contributed by atoms with Gasteiger partial charge in [-0.1, -0.05) is 27.2 Å². The van der Waals surface area contributed by atoms with Crippen LogP contribution in [0.1, 0.15) is 65.7 Å². The number of hydrogen-bond donors (Lipinski definition) is 4. The van der Waals surface area contributed by atoms with E-state index in [1.165, 1.54) is 0 Å². The molecule has 144 valence electrons. The summed E-state index contributed by atoms with van der Waals surface area (Å²) >= 11 is 0. The van der Waals surface area contributed by atoms with Crippen molar-refractivity contribution in [3.63, 3.8) is 0 Å². The van der Waals surface area contributed by atoms with E-state index in [2.05, 4.69) is 10.6 Å². The first kappa shape index (κ1) is 20.2. The SMILES string of the molecule is CC(C)C(=O)NC1CCCC(CC(C)C(=O)NC2CCCC2O)C1O. The van der Waals surface area contributed by atoms with Gasteiger partial charge in [0.2, 0.25) is 11.8 Å². The van der Waals surface area contributed by atoms with Crippen molar-refractivity contribution in [2.75, 3.05) is 0 Å². The largest absolute Gasteiger partial charge is 0.391 e. The summed E-state index contributed by atoms with van der Waals surface area (Å²) in [7, 11) is 0. The van der Waals surface area contributed by atoms with Crippen LogP contribution in [0, 0.1) is 17.8 Å². The highest BCUT2D eigenvalue weighted by Gasteiger charge is 2.35. The molecule has 2 fully saturated rings. The van der Waals surface area contributed by atoms with E-state index in [1.54, 1.807) is 0 Å². The number of rotatable bonds is 6. The molecule has 25 heavy (non-hydrogen) atoms. The van der Waals surface area contributed by atoms with Crippen molar-refractivity contribution in [1.29, 1.82) is 0 Å². The summed E-state index contributed by atoms with van der Waals surface area (Å²) in [5, 5.41) is 26.4. The molecule has 6 nitrogen and oxygen atoms in total. The molecule has 2 aliphatic rings. The Hall–Kier alpha value is -1.14. The third-order valence-corrected chi connectivity index (χ3v) is 5.75. The fraction of sp³-hybridized carbons (Fsp3) is 0.895. The molecule has 6 unspecified atom stereocenters. The van der Waals surface area contributed by atoms with E-state index in [-0.39, 0.29) is 41.7 Å². The van der Waals surface area contributed by atoms with Gasteiger partial charge in [0.25, 0.3) is 0 Å². The minimum absolute atomic E-state index is 0.0143. The molecule has 0 aromatic carbocycles. The van der Waals surface area contributed by atoms with Gasteiger partial charge in [-0.15, -0.1) is 0 Å². The lowest BCUT2D eigenvalue weighted by atomic mass is 9.78. The van der Waals surface area contributed by atoms with Gasteiger partial charge in [-0.05, 0) is 44.4 Å². The summed E-state index contributed by atoms with van der Waals surface area (Å²) in [6.45, 7) is 5.55. The maximum atomic E-state index is 12.4. The molecule has 2 aliphatic carbocycles. The first-order valence-corrected chi connectivity index (χ1v) is 9.76. The monoisotopic (exact) mass is 354 g/mol. The zero-order valence-electron chi connectivity index (χ0n) is 15.7. The second kappa shape index (κ2) is 8.99. The first-order valence-electron chi connectivity index (χ1n) is 9.76. The van der Waals surface area contributed by atoms with Gasteiger partial charge < -0.3 is 20.8 Å². The summed E-state index contributed by atoms with van der Waals surface area (Å²) in [4.78, 5) is 24.3. The van der Waals surface area contributed by atoms with Crippen LogP contribution < -0.4 is 10.6 Å². The van der Waals surface area contributed by atoms with Crippen molar-refractivity contribution in [2.24, 2.45) is 17.8 Å². The van der Waals surface area contributed by atoms with Gasteiger partial charge in [-0.2, -0.15) is 0 Å². The number of aliphatic hydroxyl groups is 2. The Morgan fingerprint density at radius 2 is 1.52 bits per heavy atom. The van der Waals surface area contributed by atoms with E-state index in [9.17, 15) is 19.8 Å².